The molecular formula is C27H29N3O2. The maximum absolute atomic E-state index is 13.3. The number of carbonyl (C=O) groups is 2. The summed E-state index contributed by atoms with van der Waals surface area (Å²) >= 11 is 0. The average Bonchev–Trinajstić information content (AvgIpc) is 2.78. The summed E-state index contributed by atoms with van der Waals surface area (Å²) in [5.74, 6) is -0.151. The highest BCUT2D eigenvalue weighted by Gasteiger charge is 2.27. The molecule has 1 aliphatic rings. The molecule has 3 aromatic rings. The van der Waals surface area contributed by atoms with Crippen LogP contribution in [0.25, 0.3) is 0 Å². The molecule has 1 N–H and O–H groups in total. The van der Waals surface area contributed by atoms with Crippen LogP contribution in [-0.4, -0.2) is 29.9 Å². The largest absolute Gasteiger partial charge is 0.324 e. The molecule has 0 radical (unpaired) electrons. The Morgan fingerprint density at radius 1 is 0.906 bits per heavy atom. The van der Waals surface area contributed by atoms with Gasteiger partial charge in [-0.2, -0.15) is 0 Å². The van der Waals surface area contributed by atoms with E-state index in [0.29, 0.717) is 24.3 Å². The van der Waals surface area contributed by atoms with E-state index in [2.05, 4.69) is 37.4 Å². The number of hydrogen-bond donors (Lipinski definition) is 1. The Balaban J connectivity index is 1.51. The van der Waals surface area contributed by atoms with Gasteiger partial charge in [0.1, 0.15) is 0 Å². The molecule has 1 heterocycles. The summed E-state index contributed by atoms with van der Waals surface area (Å²) in [7, 11) is 0. The van der Waals surface area contributed by atoms with Gasteiger partial charge in [-0.1, -0.05) is 48.0 Å². The topological polar surface area (TPSA) is 52.6 Å². The molecule has 0 atom stereocenters. The highest BCUT2D eigenvalue weighted by Crippen LogP contribution is 2.25. The quantitative estimate of drug-likeness (QED) is 0.568. The first-order chi connectivity index (χ1) is 15.4. The van der Waals surface area contributed by atoms with E-state index >= 15 is 0 Å². The molecule has 5 heteroatoms. The van der Waals surface area contributed by atoms with Gasteiger partial charge in [-0.15, -0.1) is 0 Å². The van der Waals surface area contributed by atoms with Gasteiger partial charge in [-0.05, 0) is 68.1 Å². The molecule has 1 aliphatic heterocycles. The molecule has 3 amide bonds. The molecule has 4 rings (SSSR count). The zero-order valence-corrected chi connectivity index (χ0v) is 18.9. The van der Waals surface area contributed by atoms with Gasteiger partial charge in [-0.3, -0.25) is 9.69 Å². The van der Waals surface area contributed by atoms with Crippen LogP contribution >= 0.6 is 0 Å². The molecule has 0 aliphatic carbocycles. The normalized spacial score (nSPS) is 13.9. The fourth-order valence-corrected chi connectivity index (χ4v) is 4.12. The Morgan fingerprint density at radius 3 is 2.53 bits per heavy atom. The van der Waals surface area contributed by atoms with Gasteiger partial charge in [-0.25, -0.2) is 4.79 Å². The summed E-state index contributed by atoms with van der Waals surface area (Å²) in [5, 5.41) is 2.97. The van der Waals surface area contributed by atoms with Gasteiger partial charge < -0.3 is 10.2 Å². The van der Waals surface area contributed by atoms with Crippen molar-refractivity contribution in [2.45, 2.75) is 33.7 Å². The third-order valence-electron chi connectivity index (χ3n) is 5.98. The van der Waals surface area contributed by atoms with Crippen molar-refractivity contribution in [1.29, 1.82) is 0 Å². The van der Waals surface area contributed by atoms with Crippen LogP contribution in [0.2, 0.25) is 0 Å². The van der Waals surface area contributed by atoms with Gasteiger partial charge in [0.15, 0.2) is 0 Å². The van der Waals surface area contributed by atoms with Crippen LogP contribution < -0.4 is 10.2 Å². The Bertz CT molecular complexity index is 1160. The van der Waals surface area contributed by atoms with Gasteiger partial charge in [0.25, 0.3) is 5.91 Å². The predicted octanol–water partition coefficient (Wildman–Crippen LogP) is 5.70. The summed E-state index contributed by atoms with van der Waals surface area (Å²) in [6.45, 7) is 8.09. The second-order valence-electron chi connectivity index (χ2n) is 8.46. The van der Waals surface area contributed by atoms with Crippen LogP contribution in [-0.2, 0) is 6.54 Å². The first kappa shape index (κ1) is 21.6. The van der Waals surface area contributed by atoms with E-state index in [1.807, 2.05) is 60.4 Å². The van der Waals surface area contributed by atoms with Crippen molar-refractivity contribution in [3.63, 3.8) is 0 Å². The molecule has 1 saturated heterocycles. The number of benzene rings is 3. The second-order valence-corrected chi connectivity index (χ2v) is 8.46. The van der Waals surface area contributed by atoms with Crippen molar-refractivity contribution in [2.75, 3.05) is 23.3 Å². The number of carbonyl (C=O) groups excluding carboxylic acids is 2. The molecule has 0 aromatic heterocycles. The van der Waals surface area contributed by atoms with E-state index in [9.17, 15) is 9.59 Å². The van der Waals surface area contributed by atoms with Gasteiger partial charge >= 0.3 is 6.03 Å². The number of anilines is 2. The predicted molar refractivity (Wildman–Crippen MR) is 129 cm³/mol. The molecule has 0 spiro atoms. The number of nitrogens with one attached hydrogen (secondary N) is 1. The first-order valence-corrected chi connectivity index (χ1v) is 11.0. The van der Waals surface area contributed by atoms with Crippen LogP contribution in [0.1, 0.15) is 39.0 Å². The summed E-state index contributed by atoms with van der Waals surface area (Å²) in [5.41, 5.74) is 6.62. The monoisotopic (exact) mass is 427 g/mol. The van der Waals surface area contributed by atoms with Crippen molar-refractivity contribution in [3.8, 4) is 0 Å². The van der Waals surface area contributed by atoms with Crippen molar-refractivity contribution in [3.05, 3.63) is 94.5 Å². The maximum Gasteiger partial charge on any atom is 0.324 e. The summed E-state index contributed by atoms with van der Waals surface area (Å²) in [6, 6.07) is 21.4. The zero-order chi connectivity index (χ0) is 22.7. The number of rotatable bonds is 5. The van der Waals surface area contributed by atoms with E-state index in [1.165, 1.54) is 16.7 Å². The molecule has 0 unspecified atom stereocenters. The Morgan fingerprint density at radius 2 is 1.72 bits per heavy atom. The number of aryl methyl sites for hydroxylation is 3. The van der Waals surface area contributed by atoms with Gasteiger partial charge in [0, 0.05) is 36.6 Å². The summed E-state index contributed by atoms with van der Waals surface area (Å²) in [6.07, 6.45) is 0.899. The average molecular weight is 428 g/mol. The van der Waals surface area contributed by atoms with E-state index in [4.69, 9.17) is 0 Å². The fourth-order valence-electron chi connectivity index (χ4n) is 4.12. The smallest absolute Gasteiger partial charge is 0.322 e. The lowest BCUT2D eigenvalue weighted by Crippen LogP contribution is -2.49. The third kappa shape index (κ3) is 4.67. The van der Waals surface area contributed by atoms with E-state index in [-0.39, 0.29) is 11.9 Å². The maximum atomic E-state index is 13.3. The van der Waals surface area contributed by atoms with Gasteiger partial charge in [0.05, 0.1) is 0 Å². The Labute approximate surface area is 189 Å². The van der Waals surface area contributed by atoms with Crippen LogP contribution in [0.3, 0.4) is 0 Å². The lowest BCUT2D eigenvalue weighted by molar-refractivity contribution is 0.102. The van der Waals surface area contributed by atoms with Crippen molar-refractivity contribution < 1.29 is 9.59 Å². The minimum atomic E-state index is -0.151. The lowest BCUT2D eigenvalue weighted by Gasteiger charge is -2.36. The molecular weight excluding hydrogens is 398 g/mol. The number of nitrogens with zero attached hydrogens (tertiary/aromatic N) is 2. The highest BCUT2D eigenvalue weighted by atomic mass is 16.2. The van der Waals surface area contributed by atoms with E-state index in [0.717, 1.165) is 24.2 Å². The fraction of sp³-hybridized carbons (Fsp3) is 0.259. The Kier molecular flexibility index (Phi) is 6.26. The van der Waals surface area contributed by atoms with Crippen LogP contribution in [0.15, 0.2) is 66.7 Å². The van der Waals surface area contributed by atoms with Crippen LogP contribution in [0, 0.1) is 20.8 Å². The Hall–Kier alpha value is -3.60. The lowest BCUT2D eigenvalue weighted by atomic mass is 10.0. The minimum Gasteiger partial charge on any atom is -0.322 e. The SMILES string of the molecule is Cc1ccc(C)c(CN2CCCN(c3cccc(NC(=O)c4ccccc4C)c3)C2=O)c1. The van der Waals surface area contributed by atoms with E-state index < -0.39 is 0 Å². The molecule has 3 aromatic carbocycles. The molecule has 1 fully saturated rings. The van der Waals surface area contributed by atoms with Crippen LogP contribution in [0.5, 0.6) is 0 Å². The number of hydrogen-bond acceptors (Lipinski definition) is 2. The molecule has 0 saturated carbocycles. The molecule has 0 bridgehead atoms. The highest BCUT2D eigenvalue weighted by molar-refractivity contribution is 6.05. The molecule has 32 heavy (non-hydrogen) atoms. The minimum absolute atomic E-state index is 0.000429. The molecule has 5 nitrogen and oxygen atoms in total. The van der Waals surface area contributed by atoms with Crippen molar-refractivity contribution >= 4 is 23.3 Å². The van der Waals surface area contributed by atoms with E-state index in [1.54, 1.807) is 4.90 Å². The molecule has 164 valence electrons. The first-order valence-electron chi connectivity index (χ1n) is 11.0. The third-order valence-corrected chi connectivity index (χ3v) is 5.98. The van der Waals surface area contributed by atoms with Gasteiger partial charge in [0.2, 0.25) is 0 Å². The summed E-state index contributed by atoms with van der Waals surface area (Å²) < 4.78 is 0. The standard InChI is InChI=1S/C27H29N3O2/c1-19-12-13-20(2)22(16-19)18-29-14-7-15-30(27(29)32)24-10-6-9-23(17-24)28-26(31)25-11-5-4-8-21(25)3/h4-6,8-13,16-17H,7,14-15,18H2,1-3H3,(H,28,31). The summed E-state index contributed by atoms with van der Waals surface area (Å²) in [4.78, 5) is 29.7. The van der Waals surface area contributed by atoms with Crippen molar-refractivity contribution in [2.24, 2.45) is 0 Å². The van der Waals surface area contributed by atoms with Crippen LogP contribution in [0.4, 0.5) is 16.2 Å². The van der Waals surface area contributed by atoms with Crippen molar-refractivity contribution in [1.82, 2.24) is 4.90 Å². The zero-order valence-electron chi connectivity index (χ0n) is 18.9. The number of urea groups is 1. The second kappa shape index (κ2) is 9.27. The number of amides is 3.